The molecule has 1 N–H and O–H groups in total. The molecule has 0 aliphatic carbocycles. The van der Waals surface area contributed by atoms with E-state index in [0.717, 1.165) is 11.3 Å². The van der Waals surface area contributed by atoms with Crippen molar-refractivity contribution in [2.24, 2.45) is 0 Å². The molecule has 180 valence electrons. The summed E-state index contributed by atoms with van der Waals surface area (Å²) in [6.07, 6.45) is 0.468. The second-order valence-corrected chi connectivity index (χ2v) is 7.97. The van der Waals surface area contributed by atoms with Gasteiger partial charge < -0.3 is 23.7 Å². The van der Waals surface area contributed by atoms with Crippen LogP contribution in [-0.2, 0) is 16.0 Å². The van der Waals surface area contributed by atoms with E-state index in [9.17, 15) is 14.7 Å². The number of hydrogen-bond acceptors (Lipinski definition) is 7. The smallest absolute Gasteiger partial charge is 0.343 e. The van der Waals surface area contributed by atoms with E-state index in [2.05, 4.69) is 0 Å². The average molecular weight is 475 g/mol. The summed E-state index contributed by atoms with van der Waals surface area (Å²) in [5.74, 6) is -0.309. The minimum atomic E-state index is -0.833. The van der Waals surface area contributed by atoms with Crippen molar-refractivity contribution in [3.63, 3.8) is 0 Å². The van der Waals surface area contributed by atoms with E-state index in [4.69, 9.17) is 18.6 Å². The molecule has 7 nitrogen and oxygen atoms in total. The molecule has 1 heterocycles. The van der Waals surface area contributed by atoms with Crippen LogP contribution in [0.2, 0.25) is 0 Å². The maximum Gasteiger partial charge on any atom is 0.343 e. The normalized spacial score (nSPS) is 11.7. The van der Waals surface area contributed by atoms with Crippen LogP contribution in [0, 0.1) is 0 Å². The molecule has 0 radical (unpaired) electrons. The summed E-state index contributed by atoms with van der Waals surface area (Å²) in [6, 6.07) is 21.5. The first-order chi connectivity index (χ1) is 17.0. The van der Waals surface area contributed by atoms with Gasteiger partial charge in [-0.05, 0) is 35.9 Å². The molecule has 1 aromatic heterocycles. The molecule has 4 rings (SSSR count). The Kier molecular flexibility index (Phi) is 7.35. The van der Waals surface area contributed by atoms with Gasteiger partial charge in [-0.3, -0.25) is 4.79 Å². The highest BCUT2D eigenvalue weighted by Gasteiger charge is 2.29. The van der Waals surface area contributed by atoms with Crippen LogP contribution < -0.4 is 15.1 Å². The van der Waals surface area contributed by atoms with Crippen molar-refractivity contribution in [3.8, 4) is 17.2 Å². The Bertz CT molecular complexity index is 1370. The number of esters is 1. The first-order valence-corrected chi connectivity index (χ1v) is 11.2. The molecule has 0 unspecified atom stereocenters. The first-order valence-electron chi connectivity index (χ1n) is 11.2. The van der Waals surface area contributed by atoms with E-state index < -0.39 is 17.5 Å². The predicted molar refractivity (Wildman–Crippen MR) is 131 cm³/mol. The van der Waals surface area contributed by atoms with Crippen LogP contribution >= 0.6 is 0 Å². The Morgan fingerprint density at radius 1 is 0.971 bits per heavy atom. The lowest BCUT2D eigenvalue weighted by atomic mass is 9.87. The Morgan fingerprint density at radius 3 is 2.43 bits per heavy atom. The highest BCUT2D eigenvalue weighted by Crippen LogP contribution is 2.39. The van der Waals surface area contributed by atoms with Gasteiger partial charge in [0.05, 0.1) is 38.2 Å². The molecule has 0 aliphatic heterocycles. The van der Waals surface area contributed by atoms with Crippen molar-refractivity contribution in [2.75, 3.05) is 20.8 Å². The minimum Gasteiger partial charge on any atom is -0.507 e. The highest BCUT2D eigenvalue weighted by molar-refractivity contribution is 5.85. The summed E-state index contributed by atoms with van der Waals surface area (Å²) in [5.41, 5.74) is 1.18. The van der Waals surface area contributed by atoms with Crippen LogP contribution in [0.15, 0.2) is 82.0 Å². The molecule has 0 saturated heterocycles. The Labute approximate surface area is 202 Å². The third kappa shape index (κ3) is 5.30. The second kappa shape index (κ2) is 10.8. The van der Waals surface area contributed by atoms with Crippen molar-refractivity contribution in [1.82, 2.24) is 0 Å². The van der Waals surface area contributed by atoms with Gasteiger partial charge in [-0.15, -0.1) is 0 Å². The highest BCUT2D eigenvalue weighted by atomic mass is 16.5. The summed E-state index contributed by atoms with van der Waals surface area (Å²) in [6.45, 7) is 0.368. The van der Waals surface area contributed by atoms with Gasteiger partial charge in [0.2, 0.25) is 0 Å². The standard InChI is InChI=1S/C28H26O7/c1-32-19-13-11-18(12-14-19)15-16-34-23-9-5-3-7-20(23)22(17-25(29)33-2)26-27(30)21-8-4-6-10-24(21)35-28(26)31/h3-14,22,30H,15-17H2,1-2H3/t22-/m0/s1. The number of ether oxygens (including phenoxy) is 3. The number of aromatic hydroxyl groups is 1. The number of methoxy groups -OCH3 is 2. The molecule has 0 amide bonds. The molecular weight excluding hydrogens is 448 g/mol. The Balaban J connectivity index is 1.68. The zero-order valence-electron chi connectivity index (χ0n) is 19.5. The second-order valence-electron chi connectivity index (χ2n) is 7.97. The summed E-state index contributed by atoms with van der Waals surface area (Å²) in [5, 5.41) is 11.4. The van der Waals surface area contributed by atoms with Gasteiger partial charge in [-0.2, -0.15) is 0 Å². The van der Waals surface area contributed by atoms with E-state index in [1.54, 1.807) is 49.6 Å². The van der Waals surface area contributed by atoms with Gasteiger partial charge in [0.1, 0.15) is 22.8 Å². The molecule has 7 heteroatoms. The van der Waals surface area contributed by atoms with Crippen LogP contribution in [0.3, 0.4) is 0 Å². The van der Waals surface area contributed by atoms with Crippen molar-refractivity contribution in [3.05, 3.63) is 99.9 Å². The molecule has 0 fully saturated rings. The Morgan fingerprint density at radius 2 is 1.69 bits per heavy atom. The van der Waals surface area contributed by atoms with E-state index >= 15 is 0 Å². The molecule has 1 atom stereocenters. The zero-order chi connectivity index (χ0) is 24.8. The van der Waals surface area contributed by atoms with Crippen molar-refractivity contribution in [1.29, 1.82) is 0 Å². The summed E-state index contributed by atoms with van der Waals surface area (Å²) >= 11 is 0. The van der Waals surface area contributed by atoms with Gasteiger partial charge in [0.25, 0.3) is 0 Å². The number of benzene rings is 3. The fourth-order valence-corrected chi connectivity index (χ4v) is 4.04. The van der Waals surface area contributed by atoms with Crippen LogP contribution in [-0.4, -0.2) is 31.9 Å². The maximum absolute atomic E-state index is 13.0. The first kappa shape index (κ1) is 23.9. The van der Waals surface area contributed by atoms with E-state index in [1.807, 2.05) is 30.3 Å². The molecule has 0 spiro atoms. The lowest BCUT2D eigenvalue weighted by Gasteiger charge is -2.20. The predicted octanol–water partition coefficient (Wildman–Crippen LogP) is 4.82. The topological polar surface area (TPSA) is 95.2 Å². The SMILES string of the molecule is COC(=O)C[C@@H](c1ccccc1OCCc1ccc(OC)cc1)c1c(O)c2ccccc2oc1=O. The summed E-state index contributed by atoms with van der Waals surface area (Å²) < 4.78 is 21.6. The third-order valence-corrected chi connectivity index (χ3v) is 5.87. The fourth-order valence-electron chi connectivity index (χ4n) is 4.04. The molecule has 0 saturated carbocycles. The van der Waals surface area contributed by atoms with Gasteiger partial charge in [0, 0.05) is 17.9 Å². The third-order valence-electron chi connectivity index (χ3n) is 5.87. The van der Waals surface area contributed by atoms with E-state index in [1.165, 1.54) is 7.11 Å². The van der Waals surface area contributed by atoms with Gasteiger partial charge >= 0.3 is 11.6 Å². The Hall–Kier alpha value is -4.26. The summed E-state index contributed by atoms with van der Waals surface area (Å²) in [4.78, 5) is 25.3. The average Bonchev–Trinajstić information content (AvgIpc) is 2.88. The lowest BCUT2D eigenvalue weighted by Crippen LogP contribution is -2.19. The van der Waals surface area contributed by atoms with Crippen LogP contribution in [0.1, 0.15) is 29.0 Å². The van der Waals surface area contributed by atoms with Crippen LogP contribution in [0.25, 0.3) is 11.0 Å². The van der Waals surface area contributed by atoms with Gasteiger partial charge in [-0.25, -0.2) is 4.79 Å². The number of fused-ring (bicyclic) bond motifs is 1. The number of para-hydroxylation sites is 2. The van der Waals surface area contributed by atoms with Crippen LogP contribution in [0.5, 0.6) is 17.2 Å². The molecule has 4 aromatic rings. The zero-order valence-corrected chi connectivity index (χ0v) is 19.5. The maximum atomic E-state index is 13.0. The molecule has 3 aromatic carbocycles. The largest absolute Gasteiger partial charge is 0.507 e. The van der Waals surface area contributed by atoms with Gasteiger partial charge in [0.15, 0.2) is 0 Å². The lowest BCUT2D eigenvalue weighted by molar-refractivity contribution is -0.140. The summed E-state index contributed by atoms with van der Waals surface area (Å²) in [7, 11) is 2.90. The van der Waals surface area contributed by atoms with Crippen molar-refractivity contribution in [2.45, 2.75) is 18.8 Å². The number of carbonyl (C=O) groups is 1. The monoisotopic (exact) mass is 474 g/mol. The van der Waals surface area contributed by atoms with Gasteiger partial charge in [-0.1, -0.05) is 42.5 Å². The minimum absolute atomic E-state index is 0.0136. The van der Waals surface area contributed by atoms with Crippen molar-refractivity contribution >= 4 is 16.9 Å². The molecule has 0 bridgehead atoms. The number of hydrogen-bond donors (Lipinski definition) is 1. The number of carbonyl (C=O) groups excluding carboxylic acids is 1. The fraction of sp³-hybridized carbons (Fsp3) is 0.214. The van der Waals surface area contributed by atoms with E-state index in [0.29, 0.717) is 29.7 Å². The van der Waals surface area contributed by atoms with Crippen molar-refractivity contribution < 1.29 is 28.5 Å². The molecule has 0 aliphatic rings. The molecular formula is C28H26O7. The van der Waals surface area contributed by atoms with Crippen LogP contribution in [0.4, 0.5) is 0 Å². The molecule has 35 heavy (non-hydrogen) atoms. The number of rotatable bonds is 9. The van der Waals surface area contributed by atoms with E-state index in [-0.39, 0.29) is 23.3 Å². The quantitative estimate of drug-likeness (QED) is 0.274.